The van der Waals surface area contributed by atoms with E-state index < -0.39 is 10.0 Å². The minimum Gasteiger partial charge on any atom is -0.395 e. The lowest BCUT2D eigenvalue weighted by Gasteiger charge is -2.23. The Labute approximate surface area is 121 Å². The molecule has 0 radical (unpaired) electrons. The van der Waals surface area contributed by atoms with Crippen molar-refractivity contribution >= 4 is 10.0 Å². The maximum absolute atomic E-state index is 11.2. The molecule has 2 unspecified atom stereocenters. The first kappa shape index (κ1) is 17.1. The van der Waals surface area contributed by atoms with Crippen molar-refractivity contribution in [2.24, 2.45) is 11.1 Å². The second-order valence-corrected chi connectivity index (χ2v) is 7.07. The molecule has 1 aromatic carbocycles. The number of nitrogens with two attached hydrogens (primary N) is 1. The smallest absolute Gasteiger partial charge is 0.238 e. The van der Waals surface area contributed by atoms with E-state index in [1.54, 1.807) is 12.1 Å². The summed E-state index contributed by atoms with van der Waals surface area (Å²) in [5.74, 6) is 0.497. The van der Waals surface area contributed by atoms with Gasteiger partial charge in [0.15, 0.2) is 0 Å². The molecule has 0 bridgehead atoms. The number of benzene rings is 1. The molecule has 1 rings (SSSR count). The molecular weight excluding hydrogens is 276 g/mol. The molecule has 5 nitrogen and oxygen atoms in total. The SMILES string of the molecule is CC(C)CC(CO)NC(C)c1ccc(S(N)(=O)=O)cc1. The summed E-state index contributed by atoms with van der Waals surface area (Å²) < 4.78 is 22.4. The zero-order valence-corrected chi connectivity index (χ0v) is 13.0. The molecule has 0 spiro atoms. The molecule has 4 N–H and O–H groups in total. The van der Waals surface area contributed by atoms with Crippen molar-refractivity contribution in [2.45, 2.75) is 44.2 Å². The number of aliphatic hydroxyl groups excluding tert-OH is 1. The molecule has 2 atom stereocenters. The van der Waals surface area contributed by atoms with Gasteiger partial charge in [0.25, 0.3) is 0 Å². The quantitative estimate of drug-likeness (QED) is 0.709. The molecule has 0 aliphatic heterocycles. The van der Waals surface area contributed by atoms with Crippen LogP contribution in [-0.4, -0.2) is 26.2 Å². The van der Waals surface area contributed by atoms with Gasteiger partial charge in [-0.1, -0.05) is 26.0 Å². The van der Waals surface area contributed by atoms with Crippen LogP contribution in [0.2, 0.25) is 0 Å². The van der Waals surface area contributed by atoms with Gasteiger partial charge < -0.3 is 10.4 Å². The molecule has 114 valence electrons. The van der Waals surface area contributed by atoms with Crippen LogP contribution in [-0.2, 0) is 10.0 Å². The van der Waals surface area contributed by atoms with Gasteiger partial charge in [0.1, 0.15) is 0 Å². The second-order valence-electron chi connectivity index (χ2n) is 5.51. The molecular formula is C14H24N2O3S. The van der Waals surface area contributed by atoms with Crippen LogP contribution in [0.25, 0.3) is 0 Å². The zero-order valence-electron chi connectivity index (χ0n) is 12.2. The van der Waals surface area contributed by atoms with Gasteiger partial charge in [-0.05, 0) is 37.0 Å². The minimum atomic E-state index is -3.65. The normalized spacial score (nSPS) is 15.3. The van der Waals surface area contributed by atoms with Gasteiger partial charge in [-0.2, -0.15) is 0 Å². The van der Waals surface area contributed by atoms with E-state index in [2.05, 4.69) is 19.2 Å². The summed E-state index contributed by atoms with van der Waals surface area (Å²) in [6.07, 6.45) is 0.885. The molecule has 0 aliphatic carbocycles. The van der Waals surface area contributed by atoms with Gasteiger partial charge in [-0.15, -0.1) is 0 Å². The van der Waals surface area contributed by atoms with Crippen LogP contribution in [0, 0.1) is 5.92 Å². The van der Waals surface area contributed by atoms with Gasteiger partial charge in [-0.3, -0.25) is 0 Å². The van der Waals surface area contributed by atoms with Crippen molar-refractivity contribution in [3.05, 3.63) is 29.8 Å². The summed E-state index contributed by atoms with van der Waals surface area (Å²) in [5.41, 5.74) is 0.958. The van der Waals surface area contributed by atoms with Crippen molar-refractivity contribution < 1.29 is 13.5 Å². The number of hydrogen-bond acceptors (Lipinski definition) is 4. The molecule has 0 fully saturated rings. The summed E-state index contributed by atoms with van der Waals surface area (Å²) in [6.45, 7) is 6.28. The lowest BCUT2D eigenvalue weighted by Crippen LogP contribution is -2.35. The maximum Gasteiger partial charge on any atom is 0.238 e. The van der Waals surface area contributed by atoms with E-state index in [9.17, 15) is 13.5 Å². The maximum atomic E-state index is 11.2. The van der Waals surface area contributed by atoms with Gasteiger partial charge in [0.05, 0.1) is 11.5 Å². The van der Waals surface area contributed by atoms with Crippen LogP contribution in [0.4, 0.5) is 0 Å². The average Bonchev–Trinajstić information content (AvgIpc) is 2.36. The fraction of sp³-hybridized carbons (Fsp3) is 0.571. The van der Waals surface area contributed by atoms with E-state index in [4.69, 9.17) is 5.14 Å². The standard InChI is InChI=1S/C14H24N2O3S/c1-10(2)8-13(9-17)16-11(3)12-4-6-14(7-5-12)20(15,18)19/h4-7,10-11,13,16-17H,8-9H2,1-3H3,(H2,15,18,19). The topological polar surface area (TPSA) is 92.4 Å². The molecule has 0 saturated carbocycles. The highest BCUT2D eigenvalue weighted by Crippen LogP contribution is 2.17. The number of rotatable bonds is 7. The number of nitrogens with one attached hydrogen (secondary N) is 1. The van der Waals surface area contributed by atoms with Gasteiger partial charge >= 0.3 is 0 Å². The van der Waals surface area contributed by atoms with Crippen molar-refractivity contribution in [1.29, 1.82) is 0 Å². The molecule has 6 heteroatoms. The first-order valence-corrected chi connectivity index (χ1v) is 8.28. The first-order valence-electron chi connectivity index (χ1n) is 6.73. The summed E-state index contributed by atoms with van der Waals surface area (Å²) in [6, 6.07) is 6.53. The fourth-order valence-corrected chi connectivity index (χ4v) is 2.68. The lowest BCUT2D eigenvalue weighted by atomic mass is 10.0. The average molecular weight is 300 g/mol. The Morgan fingerprint density at radius 3 is 2.15 bits per heavy atom. The molecule has 0 saturated heterocycles. The molecule has 0 heterocycles. The number of primary sulfonamides is 1. The third-order valence-corrected chi connectivity index (χ3v) is 4.10. The monoisotopic (exact) mass is 300 g/mol. The van der Waals surface area contributed by atoms with E-state index in [1.165, 1.54) is 12.1 Å². The number of sulfonamides is 1. The highest BCUT2D eigenvalue weighted by Gasteiger charge is 2.15. The van der Waals surface area contributed by atoms with Crippen molar-refractivity contribution in [3.8, 4) is 0 Å². The second kappa shape index (κ2) is 7.17. The Balaban J connectivity index is 2.74. The molecule has 20 heavy (non-hydrogen) atoms. The number of aliphatic hydroxyl groups is 1. The van der Waals surface area contributed by atoms with Crippen molar-refractivity contribution in [2.75, 3.05) is 6.61 Å². The molecule has 0 aliphatic rings. The molecule has 1 aromatic rings. The van der Waals surface area contributed by atoms with Crippen molar-refractivity contribution in [3.63, 3.8) is 0 Å². The third-order valence-electron chi connectivity index (χ3n) is 3.17. The van der Waals surface area contributed by atoms with Crippen LogP contribution in [0.15, 0.2) is 29.2 Å². The van der Waals surface area contributed by atoms with E-state index in [0.29, 0.717) is 5.92 Å². The Hall–Kier alpha value is -0.950. The number of hydrogen-bond donors (Lipinski definition) is 3. The predicted octanol–water partition coefficient (Wildman–Crippen LogP) is 1.39. The highest BCUT2D eigenvalue weighted by atomic mass is 32.2. The summed E-state index contributed by atoms with van der Waals surface area (Å²) >= 11 is 0. The highest BCUT2D eigenvalue weighted by molar-refractivity contribution is 7.89. The van der Waals surface area contributed by atoms with Crippen LogP contribution in [0.1, 0.15) is 38.8 Å². The third kappa shape index (κ3) is 5.20. The van der Waals surface area contributed by atoms with E-state index >= 15 is 0 Å². The van der Waals surface area contributed by atoms with E-state index in [1.807, 2.05) is 6.92 Å². The predicted molar refractivity (Wildman–Crippen MR) is 79.7 cm³/mol. The Bertz CT molecular complexity index is 512. The van der Waals surface area contributed by atoms with Crippen LogP contribution in [0.3, 0.4) is 0 Å². The Morgan fingerprint density at radius 2 is 1.75 bits per heavy atom. The van der Waals surface area contributed by atoms with Crippen LogP contribution in [0.5, 0.6) is 0 Å². The summed E-state index contributed by atoms with van der Waals surface area (Å²) in [4.78, 5) is 0.106. The first-order chi connectivity index (χ1) is 9.24. The lowest BCUT2D eigenvalue weighted by molar-refractivity contribution is 0.215. The molecule has 0 amide bonds. The van der Waals surface area contributed by atoms with Crippen molar-refractivity contribution in [1.82, 2.24) is 5.32 Å². The minimum absolute atomic E-state index is 0.0282. The summed E-state index contributed by atoms with van der Waals surface area (Å²) in [7, 11) is -3.65. The Morgan fingerprint density at radius 1 is 1.20 bits per heavy atom. The van der Waals surface area contributed by atoms with Gasteiger partial charge in [0, 0.05) is 12.1 Å². The zero-order chi connectivity index (χ0) is 15.3. The van der Waals surface area contributed by atoms with Gasteiger partial charge in [0.2, 0.25) is 10.0 Å². The van der Waals surface area contributed by atoms with Crippen LogP contribution < -0.4 is 10.5 Å². The van der Waals surface area contributed by atoms with E-state index in [-0.39, 0.29) is 23.6 Å². The van der Waals surface area contributed by atoms with E-state index in [0.717, 1.165) is 12.0 Å². The largest absolute Gasteiger partial charge is 0.395 e. The Kier molecular flexibility index (Phi) is 6.13. The fourth-order valence-electron chi connectivity index (χ4n) is 2.16. The molecule has 0 aromatic heterocycles. The van der Waals surface area contributed by atoms with Gasteiger partial charge in [-0.25, -0.2) is 13.6 Å². The summed E-state index contributed by atoms with van der Waals surface area (Å²) in [5, 5.41) is 17.8. The van der Waals surface area contributed by atoms with Crippen LogP contribution >= 0.6 is 0 Å².